The number of fused-ring (bicyclic) bond motifs is 1. The van der Waals surface area contributed by atoms with Gasteiger partial charge in [0.05, 0.1) is 17.9 Å². The first-order chi connectivity index (χ1) is 13.0. The molecule has 2 heterocycles. The smallest absolute Gasteiger partial charge is 0.265 e. The largest absolute Gasteiger partial charge is 0.481 e. The number of nitrogens with zero attached hydrogens (tertiary/aromatic N) is 2. The fourth-order valence-electron chi connectivity index (χ4n) is 3.64. The van der Waals surface area contributed by atoms with Crippen molar-refractivity contribution in [2.24, 2.45) is 0 Å². The van der Waals surface area contributed by atoms with Gasteiger partial charge in [-0.3, -0.25) is 19.3 Å². The van der Waals surface area contributed by atoms with Gasteiger partial charge in [-0.05, 0) is 31.7 Å². The lowest BCUT2D eigenvalue weighted by Crippen LogP contribution is -2.39. The van der Waals surface area contributed by atoms with Gasteiger partial charge in [0.2, 0.25) is 0 Å². The molecule has 0 unspecified atom stereocenters. The molecule has 134 valence electrons. The Balaban J connectivity index is 1.78. The van der Waals surface area contributed by atoms with Gasteiger partial charge < -0.3 is 4.74 Å². The fraction of sp³-hybridized carbons (Fsp3) is 0.316. The van der Waals surface area contributed by atoms with Gasteiger partial charge >= 0.3 is 0 Å². The molecule has 8 heteroatoms. The molecule has 0 aromatic heterocycles. The molecule has 0 spiro atoms. The van der Waals surface area contributed by atoms with Crippen LogP contribution in [0.1, 0.15) is 25.7 Å². The molecule has 6 nitrogen and oxygen atoms in total. The zero-order chi connectivity index (χ0) is 19.1. The number of carbonyl (C=O) groups is 3. The molecular formula is C19H14BFN2O4. The highest BCUT2D eigenvalue weighted by Gasteiger charge is 2.41. The minimum absolute atomic E-state index is 0.00654. The SMILES string of the molecule is [B]C#CCN1C(=O)COc2cc(F)c(N3C(=O)C4=C(CCCC4)C3=O)cc21. The van der Waals surface area contributed by atoms with E-state index in [2.05, 4.69) is 11.7 Å². The Morgan fingerprint density at radius 3 is 2.37 bits per heavy atom. The predicted octanol–water partition coefficient (Wildman–Crippen LogP) is 1.42. The van der Waals surface area contributed by atoms with E-state index >= 15 is 0 Å². The summed E-state index contributed by atoms with van der Waals surface area (Å²) in [6.45, 7) is -0.261. The molecule has 0 fully saturated rings. The highest BCUT2D eigenvalue weighted by atomic mass is 19.1. The van der Waals surface area contributed by atoms with Crippen molar-refractivity contribution in [2.45, 2.75) is 25.7 Å². The number of ether oxygens (including phenoxy) is 1. The number of hydrogen-bond acceptors (Lipinski definition) is 4. The van der Waals surface area contributed by atoms with Crippen LogP contribution < -0.4 is 14.5 Å². The predicted molar refractivity (Wildman–Crippen MR) is 95.8 cm³/mol. The molecule has 3 amide bonds. The summed E-state index contributed by atoms with van der Waals surface area (Å²) in [5.74, 6) is 2.80. The Morgan fingerprint density at radius 1 is 1.07 bits per heavy atom. The highest BCUT2D eigenvalue weighted by Crippen LogP contribution is 2.41. The van der Waals surface area contributed by atoms with E-state index in [0.717, 1.165) is 23.8 Å². The first-order valence-corrected chi connectivity index (χ1v) is 8.59. The molecule has 1 aromatic carbocycles. The van der Waals surface area contributed by atoms with Crippen molar-refractivity contribution in [1.29, 1.82) is 0 Å². The first kappa shape index (κ1) is 17.3. The van der Waals surface area contributed by atoms with Crippen LogP contribution in [0.25, 0.3) is 0 Å². The third kappa shape index (κ3) is 2.70. The van der Waals surface area contributed by atoms with Crippen LogP contribution in [-0.4, -0.2) is 38.7 Å². The number of imide groups is 1. The van der Waals surface area contributed by atoms with Crippen molar-refractivity contribution < 1.29 is 23.5 Å². The van der Waals surface area contributed by atoms with Crippen LogP contribution in [0.15, 0.2) is 23.3 Å². The van der Waals surface area contributed by atoms with Gasteiger partial charge in [-0.15, -0.1) is 0 Å². The topological polar surface area (TPSA) is 66.9 Å². The highest BCUT2D eigenvalue weighted by molar-refractivity contribution is 6.33. The quantitative estimate of drug-likeness (QED) is 0.452. The second-order valence-electron chi connectivity index (χ2n) is 6.47. The second-order valence-corrected chi connectivity index (χ2v) is 6.47. The molecule has 1 aliphatic carbocycles. The zero-order valence-corrected chi connectivity index (χ0v) is 14.4. The van der Waals surface area contributed by atoms with E-state index in [0.29, 0.717) is 24.0 Å². The van der Waals surface area contributed by atoms with Gasteiger partial charge in [0, 0.05) is 17.2 Å². The lowest BCUT2D eigenvalue weighted by atomic mass is 9.93. The van der Waals surface area contributed by atoms with E-state index in [1.807, 2.05) is 0 Å². The van der Waals surface area contributed by atoms with Crippen LogP contribution in [0.4, 0.5) is 15.8 Å². The first-order valence-electron chi connectivity index (χ1n) is 8.59. The van der Waals surface area contributed by atoms with Crippen molar-refractivity contribution in [1.82, 2.24) is 0 Å². The molecule has 1 aromatic rings. The summed E-state index contributed by atoms with van der Waals surface area (Å²) < 4.78 is 20.0. The Morgan fingerprint density at radius 2 is 1.74 bits per heavy atom. The summed E-state index contributed by atoms with van der Waals surface area (Å²) in [5, 5.41) is 0. The third-order valence-electron chi connectivity index (χ3n) is 4.94. The second kappa shape index (κ2) is 6.58. The van der Waals surface area contributed by atoms with Crippen LogP contribution in [0, 0.1) is 17.6 Å². The maximum atomic E-state index is 14.7. The molecule has 27 heavy (non-hydrogen) atoms. The summed E-state index contributed by atoms with van der Waals surface area (Å²) in [7, 11) is 5.17. The van der Waals surface area contributed by atoms with Crippen molar-refractivity contribution in [3.8, 4) is 17.5 Å². The van der Waals surface area contributed by atoms with Gasteiger partial charge in [0.25, 0.3) is 17.7 Å². The number of carbonyl (C=O) groups excluding carboxylic acids is 3. The van der Waals surface area contributed by atoms with E-state index in [1.54, 1.807) is 0 Å². The van der Waals surface area contributed by atoms with Crippen LogP contribution in [-0.2, 0) is 14.4 Å². The van der Waals surface area contributed by atoms with Crippen LogP contribution in [0.2, 0.25) is 0 Å². The Kier molecular flexibility index (Phi) is 4.23. The van der Waals surface area contributed by atoms with E-state index in [4.69, 9.17) is 12.6 Å². The maximum Gasteiger partial charge on any atom is 0.265 e. The molecule has 0 bridgehead atoms. The zero-order valence-electron chi connectivity index (χ0n) is 14.4. The third-order valence-corrected chi connectivity index (χ3v) is 4.94. The van der Waals surface area contributed by atoms with Crippen molar-refractivity contribution in [3.05, 3.63) is 29.1 Å². The molecule has 3 aliphatic rings. The minimum Gasteiger partial charge on any atom is -0.481 e. The van der Waals surface area contributed by atoms with E-state index in [9.17, 15) is 18.8 Å². The summed E-state index contributed by atoms with van der Waals surface area (Å²) in [6.07, 6.45) is 2.68. The average Bonchev–Trinajstić information content (AvgIpc) is 2.92. The molecule has 4 rings (SSSR count). The maximum absolute atomic E-state index is 14.7. The van der Waals surface area contributed by atoms with Crippen LogP contribution in [0.5, 0.6) is 5.75 Å². The van der Waals surface area contributed by atoms with Gasteiger partial charge in [-0.1, -0.05) is 5.92 Å². The minimum atomic E-state index is -0.769. The summed E-state index contributed by atoms with van der Waals surface area (Å²) in [5.41, 5.74) is 0.973. The molecule has 0 N–H and O–H groups in total. The van der Waals surface area contributed by atoms with Crippen molar-refractivity contribution >= 4 is 36.9 Å². The number of amides is 3. The average molecular weight is 364 g/mol. The fourth-order valence-corrected chi connectivity index (χ4v) is 3.64. The molecule has 2 aliphatic heterocycles. The molecule has 0 atom stereocenters. The molecule has 0 saturated heterocycles. The Hall–Kier alpha value is -3.08. The molecule has 2 radical (unpaired) electrons. The standard InChI is InChI=1S/C19H14BFN2O4/c20-6-3-7-22-15-9-14(13(21)8-16(15)27-10-17(22)24)23-18(25)11-4-1-2-5-12(11)19(23)26/h8-9H,1-2,4-5,7,10H2. The summed E-state index contributed by atoms with van der Waals surface area (Å²) in [6, 6.07) is 2.37. The van der Waals surface area contributed by atoms with Gasteiger partial charge in [0.1, 0.15) is 5.75 Å². The monoisotopic (exact) mass is 364 g/mol. The normalized spacial score (nSPS) is 18.8. The van der Waals surface area contributed by atoms with Crippen molar-refractivity contribution in [2.75, 3.05) is 23.0 Å². The Bertz CT molecular complexity index is 948. The van der Waals surface area contributed by atoms with Gasteiger partial charge in [0.15, 0.2) is 20.3 Å². The number of benzene rings is 1. The van der Waals surface area contributed by atoms with Crippen LogP contribution >= 0.6 is 0 Å². The number of anilines is 2. The number of hydrogen-bond donors (Lipinski definition) is 0. The van der Waals surface area contributed by atoms with Gasteiger partial charge in [-0.25, -0.2) is 9.29 Å². The van der Waals surface area contributed by atoms with Gasteiger partial charge in [-0.2, -0.15) is 5.82 Å². The van der Waals surface area contributed by atoms with E-state index in [-0.39, 0.29) is 36.2 Å². The van der Waals surface area contributed by atoms with Crippen molar-refractivity contribution in [3.63, 3.8) is 0 Å². The lowest BCUT2D eigenvalue weighted by molar-refractivity contribution is -0.121. The van der Waals surface area contributed by atoms with E-state index in [1.165, 1.54) is 11.0 Å². The Labute approximate surface area is 156 Å². The summed E-state index contributed by atoms with van der Waals surface area (Å²) in [4.78, 5) is 39.7. The lowest BCUT2D eigenvalue weighted by Gasteiger charge is -2.29. The van der Waals surface area contributed by atoms with Crippen LogP contribution in [0.3, 0.4) is 0 Å². The number of rotatable bonds is 2. The molecular weight excluding hydrogens is 350 g/mol. The summed E-state index contributed by atoms with van der Waals surface area (Å²) >= 11 is 0. The molecule has 0 saturated carbocycles. The number of halogens is 1. The van der Waals surface area contributed by atoms with E-state index < -0.39 is 17.6 Å².